The lowest BCUT2D eigenvalue weighted by molar-refractivity contribution is 0.145. The standard InChI is InChI=1S/C19H31N3O2/c1-2-23-13-7-12-21-19(20)22-15-16-8-6-11-18(14-16)24-17-9-4-3-5-10-17/h6,8,11,14,17H,2-5,7,9-10,12-13,15H2,1H3,(H3,20,21,22). The van der Waals surface area contributed by atoms with Gasteiger partial charge in [-0.3, -0.25) is 0 Å². The highest BCUT2D eigenvalue weighted by atomic mass is 16.5. The molecule has 0 unspecified atom stereocenters. The van der Waals surface area contributed by atoms with Crippen molar-refractivity contribution in [3.8, 4) is 5.75 Å². The van der Waals surface area contributed by atoms with Crippen LogP contribution in [0.25, 0.3) is 0 Å². The van der Waals surface area contributed by atoms with Crippen LogP contribution in [0, 0.1) is 0 Å². The first-order chi connectivity index (χ1) is 11.8. The average Bonchev–Trinajstić information content (AvgIpc) is 2.61. The van der Waals surface area contributed by atoms with Crippen molar-refractivity contribution in [2.45, 2.75) is 58.1 Å². The zero-order chi connectivity index (χ0) is 17.0. The van der Waals surface area contributed by atoms with E-state index in [-0.39, 0.29) is 0 Å². The first kappa shape index (κ1) is 18.6. The monoisotopic (exact) mass is 333 g/mol. The number of nitrogens with one attached hydrogen (secondary N) is 1. The average molecular weight is 333 g/mol. The van der Waals surface area contributed by atoms with Crippen LogP contribution >= 0.6 is 0 Å². The summed E-state index contributed by atoms with van der Waals surface area (Å²) in [7, 11) is 0. The fourth-order valence-electron chi connectivity index (χ4n) is 2.86. The smallest absolute Gasteiger partial charge is 0.188 e. The van der Waals surface area contributed by atoms with Crippen LogP contribution in [0.4, 0.5) is 0 Å². The fourth-order valence-corrected chi connectivity index (χ4v) is 2.86. The quantitative estimate of drug-likeness (QED) is 0.413. The van der Waals surface area contributed by atoms with Crippen LogP contribution in [0.1, 0.15) is 51.0 Å². The second kappa shape index (κ2) is 10.9. The first-order valence-corrected chi connectivity index (χ1v) is 9.15. The third-order valence-electron chi connectivity index (χ3n) is 4.16. The molecule has 0 heterocycles. The second-order valence-electron chi connectivity index (χ2n) is 6.20. The summed E-state index contributed by atoms with van der Waals surface area (Å²) < 4.78 is 11.4. The van der Waals surface area contributed by atoms with Crippen LogP contribution in [0.3, 0.4) is 0 Å². The number of hydrogen-bond donors (Lipinski definition) is 2. The van der Waals surface area contributed by atoms with Crippen LogP contribution in [-0.4, -0.2) is 31.8 Å². The maximum Gasteiger partial charge on any atom is 0.188 e. The van der Waals surface area contributed by atoms with Gasteiger partial charge in [-0.25, -0.2) is 4.99 Å². The van der Waals surface area contributed by atoms with Gasteiger partial charge in [-0.15, -0.1) is 0 Å². The molecule has 134 valence electrons. The molecule has 0 bridgehead atoms. The topological polar surface area (TPSA) is 68.9 Å². The number of hydrogen-bond acceptors (Lipinski definition) is 3. The van der Waals surface area contributed by atoms with Crippen molar-refractivity contribution in [1.29, 1.82) is 0 Å². The van der Waals surface area contributed by atoms with E-state index in [0.717, 1.165) is 37.5 Å². The summed E-state index contributed by atoms with van der Waals surface area (Å²) in [5.74, 6) is 1.42. The Kier molecular flexibility index (Phi) is 8.46. The van der Waals surface area contributed by atoms with E-state index in [9.17, 15) is 0 Å². The first-order valence-electron chi connectivity index (χ1n) is 9.15. The van der Waals surface area contributed by atoms with Crippen molar-refractivity contribution < 1.29 is 9.47 Å². The van der Waals surface area contributed by atoms with Gasteiger partial charge in [-0.1, -0.05) is 18.6 Å². The van der Waals surface area contributed by atoms with E-state index in [1.807, 2.05) is 19.1 Å². The van der Waals surface area contributed by atoms with Gasteiger partial charge in [-0.05, 0) is 56.7 Å². The summed E-state index contributed by atoms with van der Waals surface area (Å²) in [6.07, 6.45) is 7.53. The molecular weight excluding hydrogens is 302 g/mol. The number of aliphatic imine (C=N–C) groups is 1. The number of rotatable bonds is 9. The highest BCUT2D eigenvalue weighted by molar-refractivity contribution is 5.77. The van der Waals surface area contributed by atoms with Gasteiger partial charge in [0.2, 0.25) is 0 Å². The molecule has 1 aliphatic rings. The minimum atomic E-state index is 0.370. The molecule has 2 rings (SSSR count). The minimum absolute atomic E-state index is 0.370. The molecule has 0 spiro atoms. The van der Waals surface area contributed by atoms with E-state index in [1.165, 1.54) is 32.1 Å². The molecule has 24 heavy (non-hydrogen) atoms. The zero-order valence-electron chi connectivity index (χ0n) is 14.8. The Balaban J connectivity index is 1.75. The Hall–Kier alpha value is -1.75. The Morgan fingerprint density at radius 3 is 2.92 bits per heavy atom. The number of nitrogens with two attached hydrogens (primary N) is 1. The number of benzene rings is 1. The Morgan fingerprint density at radius 1 is 1.29 bits per heavy atom. The Morgan fingerprint density at radius 2 is 2.12 bits per heavy atom. The molecule has 0 atom stereocenters. The van der Waals surface area contributed by atoms with Crippen molar-refractivity contribution in [2.24, 2.45) is 10.7 Å². The molecule has 1 fully saturated rings. The van der Waals surface area contributed by atoms with Gasteiger partial charge in [0.25, 0.3) is 0 Å². The summed E-state index contributed by atoms with van der Waals surface area (Å²) in [6.45, 7) is 4.84. The zero-order valence-corrected chi connectivity index (χ0v) is 14.8. The Labute approximate surface area is 145 Å². The summed E-state index contributed by atoms with van der Waals surface area (Å²) in [5, 5.41) is 3.11. The van der Waals surface area contributed by atoms with Crippen LogP contribution < -0.4 is 15.8 Å². The second-order valence-corrected chi connectivity index (χ2v) is 6.20. The molecule has 3 N–H and O–H groups in total. The Bertz CT molecular complexity index is 499. The van der Waals surface area contributed by atoms with Crippen molar-refractivity contribution in [2.75, 3.05) is 19.8 Å². The van der Waals surface area contributed by atoms with E-state index in [1.54, 1.807) is 0 Å². The highest BCUT2D eigenvalue weighted by Crippen LogP contribution is 2.24. The molecule has 0 radical (unpaired) electrons. The normalized spacial score (nSPS) is 16.1. The minimum Gasteiger partial charge on any atom is -0.490 e. The lowest BCUT2D eigenvalue weighted by Crippen LogP contribution is -2.32. The summed E-state index contributed by atoms with van der Waals surface area (Å²) >= 11 is 0. The summed E-state index contributed by atoms with van der Waals surface area (Å²) in [4.78, 5) is 4.39. The maximum absolute atomic E-state index is 6.10. The summed E-state index contributed by atoms with van der Waals surface area (Å²) in [5.41, 5.74) is 7.00. The fraction of sp³-hybridized carbons (Fsp3) is 0.632. The van der Waals surface area contributed by atoms with Gasteiger partial charge in [0, 0.05) is 19.8 Å². The lowest BCUT2D eigenvalue weighted by Gasteiger charge is -2.23. The molecule has 0 aliphatic heterocycles. The third-order valence-corrected chi connectivity index (χ3v) is 4.16. The molecule has 5 nitrogen and oxygen atoms in total. The van der Waals surface area contributed by atoms with Crippen molar-refractivity contribution >= 4 is 5.96 Å². The van der Waals surface area contributed by atoms with Gasteiger partial charge < -0.3 is 20.5 Å². The molecular formula is C19H31N3O2. The molecule has 1 saturated carbocycles. The lowest BCUT2D eigenvalue weighted by atomic mass is 9.98. The number of ether oxygens (including phenoxy) is 2. The number of nitrogens with zero attached hydrogens (tertiary/aromatic N) is 1. The third kappa shape index (κ3) is 7.21. The summed E-state index contributed by atoms with van der Waals surface area (Å²) in [6, 6.07) is 8.17. The molecule has 5 heteroatoms. The van der Waals surface area contributed by atoms with Crippen molar-refractivity contribution in [1.82, 2.24) is 5.32 Å². The predicted octanol–water partition coefficient (Wildman–Crippen LogP) is 3.23. The van der Waals surface area contributed by atoms with Crippen LogP contribution in [0.15, 0.2) is 29.3 Å². The van der Waals surface area contributed by atoms with Gasteiger partial charge in [0.15, 0.2) is 5.96 Å². The molecule has 0 amide bonds. The van der Waals surface area contributed by atoms with Crippen molar-refractivity contribution in [3.05, 3.63) is 29.8 Å². The maximum atomic E-state index is 6.10. The SMILES string of the molecule is CCOCCCNC(N)=NCc1cccc(OC2CCCCC2)c1. The predicted molar refractivity (Wildman–Crippen MR) is 98.4 cm³/mol. The van der Waals surface area contributed by atoms with E-state index in [4.69, 9.17) is 15.2 Å². The van der Waals surface area contributed by atoms with Crippen LogP contribution in [-0.2, 0) is 11.3 Å². The highest BCUT2D eigenvalue weighted by Gasteiger charge is 2.14. The van der Waals surface area contributed by atoms with E-state index in [2.05, 4.69) is 22.4 Å². The molecule has 1 aromatic carbocycles. The van der Waals surface area contributed by atoms with Crippen LogP contribution in [0.2, 0.25) is 0 Å². The van der Waals surface area contributed by atoms with Crippen LogP contribution in [0.5, 0.6) is 5.75 Å². The van der Waals surface area contributed by atoms with E-state index >= 15 is 0 Å². The van der Waals surface area contributed by atoms with Gasteiger partial charge in [0.1, 0.15) is 5.75 Å². The van der Waals surface area contributed by atoms with Gasteiger partial charge in [-0.2, -0.15) is 0 Å². The molecule has 1 aromatic rings. The van der Waals surface area contributed by atoms with Crippen molar-refractivity contribution in [3.63, 3.8) is 0 Å². The van der Waals surface area contributed by atoms with E-state index < -0.39 is 0 Å². The largest absolute Gasteiger partial charge is 0.490 e. The van der Waals surface area contributed by atoms with Gasteiger partial charge >= 0.3 is 0 Å². The molecule has 0 saturated heterocycles. The number of guanidine groups is 1. The van der Waals surface area contributed by atoms with E-state index in [0.29, 0.717) is 18.6 Å². The molecule has 1 aliphatic carbocycles. The van der Waals surface area contributed by atoms with Gasteiger partial charge in [0.05, 0.1) is 12.6 Å². The molecule has 0 aromatic heterocycles.